The van der Waals surface area contributed by atoms with Crippen LogP contribution < -0.4 is 0 Å². The predicted octanol–water partition coefficient (Wildman–Crippen LogP) is 3.19. The number of H-pyrrole nitrogens is 1. The van der Waals surface area contributed by atoms with Gasteiger partial charge in [-0.1, -0.05) is 18.2 Å². The molecule has 1 aromatic carbocycles. The number of benzene rings is 1. The zero-order chi connectivity index (χ0) is 13.1. The van der Waals surface area contributed by atoms with Crippen molar-refractivity contribution in [3.05, 3.63) is 42.1 Å². The van der Waals surface area contributed by atoms with Gasteiger partial charge in [0.25, 0.3) is 0 Å². The monoisotopic (exact) mass is 254 g/mol. The zero-order valence-corrected chi connectivity index (χ0v) is 10.9. The SMILES string of the molecule is O=C(/C=C/c1c[nH]c2ccccc12)N1CCCCC1. The van der Waals surface area contributed by atoms with Crippen molar-refractivity contribution in [2.45, 2.75) is 19.3 Å². The number of fused-ring (bicyclic) bond motifs is 1. The molecule has 2 aromatic rings. The van der Waals surface area contributed by atoms with E-state index < -0.39 is 0 Å². The number of aromatic nitrogens is 1. The lowest BCUT2D eigenvalue weighted by Gasteiger charge is -2.25. The van der Waals surface area contributed by atoms with Gasteiger partial charge in [-0.05, 0) is 37.0 Å². The predicted molar refractivity (Wildman–Crippen MR) is 77.8 cm³/mol. The van der Waals surface area contributed by atoms with Gasteiger partial charge in [0.1, 0.15) is 0 Å². The van der Waals surface area contributed by atoms with Gasteiger partial charge in [0.15, 0.2) is 0 Å². The molecule has 1 aromatic heterocycles. The highest BCUT2D eigenvalue weighted by Gasteiger charge is 2.13. The summed E-state index contributed by atoms with van der Waals surface area (Å²) < 4.78 is 0. The van der Waals surface area contributed by atoms with Crippen molar-refractivity contribution < 1.29 is 4.79 Å². The van der Waals surface area contributed by atoms with E-state index in [1.165, 1.54) is 6.42 Å². The van der Waals surface area contributed by atoms with E-state index in [-0.39, 0.29) is 5.91 Å². The van der Waals surface area contributed by atoms with Crippen LogP contribution in [-0.2, 0) is 4.79 Å². The fourth-order valence-electron chi connectivity index (χ4n) is 2.61. The number of piperidine rings is 1. The molecule has 0 bridgehead atoms. The number of hydrogen-bond acceptors (Lipinski definition) is 1. The number of likely N-dealkylation sites (tertiary alicyclic amines) is 1. The zero-order valence-electron chi connectivity index (χ0n) is 10.9. The lowest BCUT2D eigenvalue weighted by atomic mass is 10.1. The number of hydrogen-bond donors (Lipinski definition) is 1. The molecule has 3 nitrogen and oxygen atoms in total. The topological polar surface area (TPSA) is 36.1 Å². The minimum Gasteiger partial charge on any atom is -0.361 e. The standard InChI is InChI=1S/C16H18N2O/c19-16(18-10-4-1-5-11-18)9-8-13-12-17-15-7-3-2-6-14(13)15/h2-3,6-9,12,17H,1,4-5,10-11H2/b9-8+. The first-order chi connectivity index (χ1) is 9.34. The third-order valence-corrected chi connectivity index (χ3v) is 3.69. The Kier molecular flexibility index (Phi) is 3.36. The number of aromatic amines is 1. The fraction of sp³-hybridized carbons (Fsp3) is 0.312. The molecular weight excluding hydrogens is 236 g/mol. The number of carbonyl (C=O) groups excluding carboxylic acids is 1. The van der Waals surface area contributed by atoms with E-state index in [0.717, 1.165) is 42.4 Å². The molecule has 0 saturated carbocycles. The Morgan fingerprint density at radius 1 is 1.16 bits per heavy atom. The first-order valence-electron chi connectivity index (χ1n) is 6.88. The largest absolute Gasteiger partial charge is 0.361 e. The highest BCUT2D eigenvalue weighted by atomic mass is 16.2. The van der Waals surface area contributed by atoms with E-state index in [4.69, 9.17) is 0 Å². The summed E-state index contributed by atoms with van der Waals surface area (Å²) in [6, 6.07) is 8.13. The van der Waals surface area contributed by atoms with Gasteiger partial charge in [-0.3, -0.25) is 4.79 Å². The maximum Gasteiger partial charge on any atom is 0.246 e. The van der Waals surface area contributed by atoms with Crippen LogP contribution in [0.15, 0.2) is 36.5 Å². The Labute approximate surface area is 112 Å². The van der Waals surface area contributed by atoms with Crippen LogP contribution in [-0.4, -0.2) is 28.9 Å². The molecule has 1 N–H and O–H groups in total. The van der Waals surface area contributed by atoms with Crippen molar-refractivity contribution >= 4 is 22.9 Å². The molecule has 1 amide bonds. The summed E-state index contributed by atoms with van der Waals surface area (Å²) in [6.45, 7) is 1.80. The highest BCUT2D eigenvalue weighted by molar-refractivity contribution is 5.96. The van der Waals surface area contributed by atoms with Crippen LogP contribution in [0.2, 0.25) is 0 Å². The summed E-state index contributed by atoms with van der Waals surface area (Å²) in [5, 5.41) is 1.16. The number of amides is 1. The van der Waals surface area contributed by atoms with Gasteiger partial charge in [0.2, 0.25) is 5.91 Å². The van der Waals surface area contributed by atoms with E-state index in [9.17, 15) is 4.79 Å². The Bertz CT molecular complexity index is 606. The van der Waals surface area contributed by atoms with Gasteiger partial charge < -0.3 is 9.88 Å². The van der Waals surface area contributed by atoms with E-state index in [1.54, 1.807) is 6.08 Å². The smallest absolute Gasteiger partial charge is 0.246 e. The van der Waals surface area contributed by atoms with Crippen LogP contribution >= 0.6 is 0 Å². The van der Waals surface area contributed by atoms with Gasteiger partial charge >= 0.3 is 0 Å². The summed E-state index contributed by atoms with van der Waals surface area (Å²) in [6.07, 6.45) is 9.07. The van der Waals surface area contributed by atoms with Crippen LogP contribution in [0.3, 0.4) is 0 Å². The van der Waals surface area contributed by atoms with Crippen LogP contribution in [0.4, 0.5) is 0 Å². The summed E-state index contributed by atoms with van der Waals surface area (Å²) >= 11 is 0. The number of nitrogens with zero attached hydrogens (tertiary/aromatic N) is 1. The molecule has 98 valence electrons. The van der Waals surface area contributed by atoms with Gasteiger partial charge in [0, 0.05) is 36.3 Å². The minimum atomic E-state index is 0.130. The number of carbonyl (C=O) groups is 1. The molecule has 0 unspecified atom stereocenters. The molecule has 0 radical (unpaired) electrons. The normalized spacial score (nSPS) is 16.3. The van der Waals surface area contributed by atoms with Crippen molar-refractivity contribution in [1.29, 1.82) is 0 Å². The Morgan fingerprint density at radius 2 is 1.95 bits per heavy atom. The van der Waals surface area contributed by atoms with E-state index in [0.29, 0.717) is 0 Å². The first-order valence-corrected chi connectivity index (χ1v) is 6.88. The fourth-order valence-corrected chi connectivity index (χ4v) is 2.61. The van der Waals surface area contributed by atoms with Crippen LogP contribution in [0.5, 0.6) is 0 Å². The lowest BCUT2D eigenvalue weighted by molar-refractivity contribution is -0.126. The first kappa shape index (κ1) is 12.0. The average Bonchev–Trinajstić information content (AvgIpc) is 2.89. The second kappa shape index (κ2) is 5.31. The van der Waals surface area contributed by atoms with Crippen LogP contribution in [0.1, 0.15) is 24.8 Å². The minimum absolute atomic E-state index is 0.130. The number of para-hydroxylation sites is 1. The second-order valence-corrected chi connectivity index (χ2v) is 5.01. The number of nitrogens with one attached hydrogen (secondary N) is 1. The summed E-state index contributed by atoms with van der Waals surface area (Å²) in [5.74, 6) is 0.130. The number of rotatable bonds is 2. The third kappa shape index (κ3) is 2.55. The average molecular weight is 254 g/mol. The molecule has 2 heterocycles. The molecule has 0 atom stereocenters. The molecule has 1 fully saturated rings. The third-order valence-electron chi connectivity index (χ3n) is 3.69. The summed E-state index contributed by atoms with van der Waals surface area (Å²) in [4.78, 5) is 17.2. The Balaban J connectivity index is 1.76. The maximum atomic E-state index is 12.1. The molecule has 0 aliphatic carbocycles. The van der Waals surface area contributed by atoms with Crippen LogP contribution in [0, 0.1) is 0 Å². The van der Waals surface area contributed by atoms with Crippen molar-refractivity contribution in [2.24, 2.45) is 0 Å². The van der Waals surface area contributed by atoms with Crippen molar-refractivity contribution in [1.82, 2.24) is 9.88 Å². The van der Waals surface area contributed by atoms with Gasteiger partial charge in [0.05, 0.1) is 0 Å². The van der Waals surface area contributed by atoms with Gasteiger partial charge in [-0.15, -0.1) is 0 Å². The van der Waals surface area contributed by atoms with E-state index in [1.807, 2.05) is 35.4 Å². The molecule has 1 saturated heterocycles. The quantitative estimate of drug-likeness (QED) is 0.821. The highest BCUT2D eigenvalue weighted by Crippen LogP contribution is 2.19. The van der Waals surface area contributed by atoms with Gasteiger partial charge in [-0.25, -0.2) is 0 Å². The maximum absolute atomic E-state index is 12.1. The summed E-state index contributed by atoms with van der Waals surface area (Å²) in [7, 11) is 0. The van der Waals surface area contributed by atoms with Crippen LogP contribution in [0.25, 0.3) is 17.0 Å². The molecule has 3 heteroatoms. The van der Waals surface area contributed by atoms with E-state index in [2.05, 4.69) is 11.1 Å². The Hall–Kier alpha value is -2.03. The molecule has 1 aliphatic rings. The molecular formula is C16H18N2O. The second-order valence-electron chi connectivity index (χ2n) is 5.01. The molecule has 19 heavy (non-hydrogen) atoms. The molecule has 3 rings (SSSR count). The van der Waals surface area contributed by atoms with E-state index >= 15 is 0 Å². The summed E-state index contributed by atoms with van der Waals surface area (Å²) in [5.41, 5.74) is 2.17. The molecule has 0 spiro atoms. The van der Waals surface area contributed by atoms with Crippen molar-refractivity contribution in [3.8, 4) is 0 Å². The van der Waals surface area contributed by atoms with Gasteiger partial charge in [-0.2, -0.15) is 0 Å². The lowest BCUT2D eigenvalue weighted by Crippen LogP contribution is -2.34. The van der Waals surface area contributed by atoms with Crippen molar-refractivity contribution in [2.75, 3.05) is 13.1 Å². The Morgan fingerprint density at radius 3 is 2.79 bits per heavy atom. The van der Waals surface area contributed by atoms with Crippen molar-refractivity contribution in [3.63, 3.8) is 0 Å². The molecule has 1 aliphatic heterocycles.